The van der Waals surface area contributed by atoms with Crippen LogP contribution in [-0.4, -0.2) is 36.3 Å². The van der Waals surface area contributed by atoms with Gasteiger partial charge in [0, 0.05) is 0 Å². The van der Waals surface area contributed by atoms with E-state index in [9.17, 15) is 13.6 Å². The monoisotopic (exact) mass is 180 g/mol. The van der Waals surface area contributed by atoms with Crippen LogP contribution in [0.4, 0.5) is 13.6 Å². The molecule has 70 valence electrons. The first-order valence-corrected chi connectivity index (χ1v) is 3.60. The lowest BCUT2D eigenvalue weighted by atomic mass is 10.0. The highest BCUT2D eigenvalue weighted by Crippen LogP contribution is 2.22. The summed E-state index contributed by atoms with van der Waals surface area (Å²) in [6.07, 6.45) is -1.28. The van der Waals surface area contributed by atoms with Gasteiger partial charge in [0.2, 0.25) is 0 Å². The Balaban J connectivity index is 2.54. The van der Waals surface area contributed by atoms with Crippen LogP contribution in [0.1, 0.15) is 6.42 Å². The Morgan fingerprint density at radius 3 is 2.83 bits per heavy atom. The fourth-order valence-corrected chi connectivity index (χ4v) is 1.16. The maximum Gasteiger partial charge on any atom is 0.405 e. The Labute approximate surface area is 67.9 Å². The first-order valence-electron chi connectivity index (χ1n) is 3.60. The molecule has 0 saturated carbocycles. The molecular formula is C6H10F2N2O2. The van der Waals surface area contributed by atoms with E-state index in [4.69, 9.17) is 5.11 Å². The van der Waals surface area contributed by atoms with Crippen LogP contribution in [-0.2, 0) is 0 Å². The van der Waals surface area contributed by atoms with Gasteiger partial charge in [0.05, 0.1) is 12.6 Å². The second kappa shape index (κ2) is 3.22. The van der Waals surface area contributed by atoms with Crippen molar-refractivity contribution in [1.29, 1.82) is 0 Å². The molecule has 1 atom stereocenters. The molecule has 1 unspecified atom stereocenters. The summed E-state index contributed by atoms with van der Waals surface area (Å²) in [4.78, 5) is 10.1. The zero-order valence-electron chi connectivity index (χ0n) is 6.31. The van der Waals surface area contributed by atoms with Crippen molar-refractivity contribution >= 4 is 6.09 Å². The minimum atomic E-state index is -2.98. The summed E-state index contributed by atoms with van der Waals surface area (Å²) in [5.41, 5.74) is 0. The molecule has 1 rings (SSSR count). The van der Waals surface area contributed by atoms with Crippen LogP contribution >= 0.6 is 0 Å². The number of alkyl halides is 2. The second-order valence-corrected chi connectivity index (χ2v) is 2.73. The number of rotatable bonds is 1. The lowest BCUT2D eigenvalue weighted by Crippen LogP contribution is -2.56. The first kappa shape index (κ1) is 9.18. The molecule has 0 radical (unpaired) electrons. The molecule has 1 amide bonds. The third-order valence-corrected chi connectivity index (χ3v) is 1.78. The topological polar surface area (TPSA) is 61.4 Å². The summed E-state index contributed by atoms with van der Waals surface area (Å²) in [6.45, 7) is -0.0432. The Hall–Kier alpha value is -0.910. The smallest absolute Gasteiger partial charge is 0.405 e. The lowest BCUT2D eigenvalue weighted by Gasteiger charge is -2.31. The highest BCUT2D eigenvalue weighted by Gasteiger charge is 2.42. The summed E-state index contributed by atoms with van der Waals surface area (Å²) in [5, 5.41) is 12.5. The normalized spacial score (nSPS) is 28.0. The fraction of sp³-hybridized carbons (Fsp3) is 0.833. The number of hydrogen-bond donors (Lipinski definition) is 3. The summed E-state index contributed by atoms with van der Waals surface area (Å²) in [6, 6.07) is -1.25. The molecule has 3 N–H and O–H groups in total. The van der Waals surface area contributed by atoms with E-state index >= 15 is 0 Å². The van der Waals surface area contributed by atoms with Crippen molar-refractivity contribution in [2.24, 2.45) is 0 Å². The van der Waals surface area contributed by atoms with Gasteiger partial charge < -0.3 is 15.7 Å². The Morgan fingerprint density at radius 2 is 2.33 bits per heavy atom. The van der Waals surface area contributed by atoms with Gasteiger partial charge in [-0.15, -0.1) is 0 Å². The third kappa shape index (κ3) is 2.04. The average molecular weight is 180 g/mol. The zero-order valence-corrected chi connectivity index (χ0v) is 6.31. The van der Waals surface area contributed by atoms with E-state index in [1.165, 1.54) is 0 Å². The molecule has 1 saturated heterocycles. The molecule has 1 aliphatic heterocycles. The minimum Gasteiger partial charge on any atom is -0.465 e. The van der Waals surface area contributed by atoms with Gasteiger partial charge in [-0.25, -0.2) is 13.6 Å². The zero-order chi connectivity index (χ0) is 9.19. The number of hydrogen-bond acceptors (Lipinski definition) is 2. The molecule has 0 spiro atoms. The van der Waals surface area contributed by atoms with Crippen molar-refractivity contribution < 1.29 is 18.7 Å². The lowest BCUT2D eigenvalue weighted by molar-refractivity contribution is -0.0492. The van der Waals surface area contributed by atoms with E-state index in [0.717, 1.165) is 0 Å². The predicted octanol–water partition coefficient (Wildman–Crippen LogP) is 0.251. The van der Waals surface area contributed by atoms with E-state index in [2.05, 4.69) is 5.32 Å². The number of piperidine rings is 1. The Morgan fingerprint density at radius 1 is 1.67 bits per heavy atom. The molecule has 12 heavy (non-hydrogen) atoms. The van der Waals surface area contributed by atoms with Crippen molar-refractivity contribution in [2.75, 3.05) is 13.1 Å². The van der Waals surface area contributed by atoms with E-state index < -0.39 is 24.6 Å². The molecule has 4 nitrogen and oxygen atoms in total. The van der Waals surface area contributed by atoms with Gasteiger partial charge in [0.15, 0.2) is 0 Å². The number of carboxylic acid groups (broad SMARTS) is 1. The van der Waals surface area contributed by atoms with Crippen molar-refractivity contribution in [3.05, 3.63) is 0 Å². The van der Waals surface area contributed by atoms with Crippen LogP contribution in [0.15, 0.2) is 0 Å². The maximum absolute atomic E-state index is 12.8. The molecule has 1 fully saturated rings. The average Bonchev–Trinajstić information content (AvgIpc) is 1.92. The molecule has 0 aromatic heterocycles. The van der Waals surface area contributed by atoms with E-state index in [0.29, 0.717) is 6.54 Å². The van der Waals surface area contributed by atoms with Crippen molar-refractivity contribution in [3.63, 3.8) is 0 Å². The van der Waals surface area contributed by atoms with Crippen LogP contribution in [0.2, 0.25) is 0 Å². The molecule has 0 aromatic carbocycles. The number of nitrogens with one attached hydrogen (secondary N) is 2. The van der Waals surface area contributed by atoms with E-state index in [-0.39, 0.29) is 6.42 Å². The van der Waals surface area contributed by atoms with Crippen LogP contribution in [0, 0.1) is 0 Å². The van der Waals surface area contributed by atoms with Crippen LogP contribution in [0.5, 0.6) is 0 Å². The molecule has 6 heteroatoms. The quantitative estimate of drug-likeness (QED) is 0.542. The highest BCUT2D eigenvalue weighted by molar-refractivity contribution is 5.65. The van der Waals surface area contributed by atoms with Gasteiger partial charge in [0.1, 0.15) is 0 Å². The summed E-state index contributed by atoms with van der Waals surface area (Å²) in [5.74, 6) is -2.98. The van der Waals surface area contributed by atoms with Gasteiger partial charge in [-0.1, -0.05) is 0 Å². The number of halogens is 2. The van der Waals surface area contributed by atoms with Gasteiger partial charge >= 0.3 is 6.09 Å². The third-order valence-electron chi connectivity index (χ3n) is 1.78. The van der Waals surface area contributed by atoms with E-state index in [1.807, 2.05) is 0 Å². The summed E-state index contributed by atoms with van der Waals surface area (Å²) < 4.78 is 25.7. The van der Waals surface area contributed by atoms with Crippen LogP contribution in [0.25, 0.3) is 0 Å². The van der Waals surface area contributed by atoms with Crippen LogP contribution in [0.3, 0.4) is 0 Å². The van der Waals surface area contributed by atoms with Crippen molar-refractivity contribution in [1.82, 2.24) is 10.6 Å². The largest absolute Gasteiger partial charge is 0.465 e. The van der Waals surface area contributed by atoms with Gasteiger partial charge in [-0.2, -0.15) is 0 Å². The van der Waals surface area contributed by atoms with E-state index in [1.54, 1.807) is 5.32 Å². The molecule has 1 aliphatic rings. The predicted molar refractivity (Wildman–Crippen MR) is 37.4 cm³/mol. The SMILES string of the molecule is O=C(O)NC1CCNCC1(F)F. The van der Waals surface area contributed by atoms with Crippen molar-refractivity contribution in [3.8, 4) is 0 Å². The number of amides is 1. The standard InChI is InChI=1S/C6H10F2N2O2/c7-6(8)3-9-2-1-4(6)10-5(11)12/h4,9-10H,1-3H2,(H,11,12). The van der Waals surface area contributed by atoms with Crippen molar-refractivity contribution in [2.45, 2.75) is 18.4 Å². The molecule has 0 aliphatic carbocycles. The van der Waals surface area contributed by atoms with Gasteiger partial charge in [0.25, 0.3) is 5.92 Å². The van der Waals surface area contributed by atoms with Gasteiger partial charge in [-0.3, -0.25) is 0 Å². The second-order valence-electron chi connectivity index (χ2n) is 2.73. The molecular weight excluding hydrogens is 170 g/mol. The van der Waals surface area contributed by atoms with Gasteiger partial charge in [-0.05, 0) is 13.0 Å². The maximum atomic E-state index is 12.8. The number of carbonyl (C=O) groups is 1. The fourth-order valence-electron chi connectivity index (χ4n) is 1.16. The minimum absolute atomic E-state index is 0.124. The first-order chi connectivity index (χ1) is 5.52. The molecule has 0 aromatic rings. The Kier molecular flexibility index (Phi) is 2.46. The van der Waals surface area contributed by atoms with Crippen LogP contribution < -0.4 is 10.6 Å². The highest BCUT2D eigenvalue weighted by atomic mass is 19.3. The summed E-state index contributed by atoms with van der Waals surface area (Å²) in [7, 11) is 0. The summed E-state index contributed by atoms with van der Waals surface area (Å²) >= 11 is 0. The molecule has 1 heterocycles. The molecule has 0 bridgehead atoms. The Bertz CT molecular complexity index is 186.